The van der Waals surface area contributed by atoms with Crippen molar-refractivity contribution in [3.63, 3.8) is 0 Å². The molecule has 0 bridgehead atoms. The molecule has 1 fully saturated rings. The Hall–Kier alpha value is -1.35. The smallest absolute Gasteiger partial charge is 0.238 e. The summed E-state index contributed by atoms with van der Waals surface area (Å²) in [7, 11) is 0. The van der Waals surface area contributed by atoms with Crippen LogP contribution in [0.15, 0.2) is 24.3 Å². The second-order valence-corrected chi connectivity index (χ2v) is 4.83. The van der Waals surface area contributed by atoms with E-state index >= 15 is 0 Å². The van der Waals surface area contributed by atoms with Crippen molar-refractivity contribution >= 4 is 11.6 Å². The van der Waals surface area contributed by atoms with Crippen molar-refractivity contribution in [1.82, 2.24) is 5.32 Å². The maximum atomic E-state index is 11.6. The molecule has 0 heterocycles. The minimum absolute atomic E-state index is 0.0250. The molecule has 0 atom stereocenters. The number of anilines is 1. The lowest BCUT2D eigenvalue weighted by atomic mass is 10.2. The summed E-state index contributed by atoms with van der Waals surface area (Å²) >= 11 is 0. The van der Waals surface area contributed by atoms with Gasteiger partial charge in [0.2, 0.25) is 5.91 Å². The van der Waals surface area contributed by atoms with Gasteiger partial charge in [-0.3, -0.25) is 4.79 Å². The fraction of sp³-hybridized carbons (Fsp3) is 0.462. The van der Waals surface area contributed by atoms with Crippen molar-refractivity contribution in [2.75, 3.05) is 11.9 Å². The lowest BCUT2D eigenvalue weighted by Gasteiger charge is -2.11. The molecule has 3 nitrogen and oxygen atoms in total. The molecule has 1 aromatic rings. The molecule has 16 heavy (non-hydrogen) atoms. The van der Waals surface area contributed by atoms with Crippen LogP contribution in [0, 0.1) is 6.92 Å². The van der Waals surface area contributed by atoms with E-state index in [1.807, 2.05) is 31.2 Å². The van der Waals surface area contributed by atoms with Gasteiger partial charge in [0.15, 0.2) is 0 Å². The minimum Gasteiger partial charge on any atom is -0.325 e. The molecule has 1 aromatic carbocycles. The molecule has 1 aliphatic rings. The summed E-state index contributed by atoms with van der Waals surface area (Å²) < 4.78 is 0. The quantitative estimate of drug-likeness (QED) is 0.812. The highest BCUT2D eigenvalue weighted by atomic mass is 16.1. The van der Waals surface area contributed by atoms with Gasteiger partial charge >= 0.3 is 0 Å². The molecular formula is C13H18N2O. The molecule has 0 aliphatic heterocycles. The first-order chi connectivity index (χ1) is 7.57. The Morgan fingerprint density at radius 2 is 1.94 bits per heavy atom. The molecule has 0 spiro atoms. The average molecular weight is 218 g/mol. The number of aryl methyl sites for hydroxylation is 1. The third-order valence-electron chi connectivity index (χ3n) is 3.01. The summed E-state index contributed by atoms with van der Waals surface area (Å²) in [6.45, 7) is 4.57. The SMILES string of the molecule is Cc1ccc(NC(=O)CNC2(C)CC2)cc1. The second-order valence-electron chi connectivity index (χ2n) is 4.83. The fourth-order valence-corrected chi connectivity index (χ4v) is 1.50. The first kappa shape index (κ1) is 11.1. The van der Waals surface area contributed by atoms with E-state index in [1.54, 1.807) is 0 Å². The molecule has 1 amide bonds. The molecule has 1 saturated carbocycles. The summed E-state index contributed by atoms with van der Waals surface area (Å²) in [5, 5.41) is 6.12. The van der Waals surface area contributed by atoms with Crippen LogP contribution in [0.3, 0.4) is 0 Å². The fourth-order valence-electron chi connectivity index (χ4n) is 1.50. The van der Waals surface area contributed by atoms with Gasteiger partial charge in [0.05, 0.1) is 6.54 Å². The van der Waals surface area contributed by atoms with E-state index in [1.165, 1.54) is 18.4 Å². The molecule has 2 N–H and O–H groups in total. The van der Waals surface area contributed by atoms with E-state index in [9.17, 15) is 4.79 Å². The Kier molecular flexibility index (Phi) is 2.97. The summed E-state index contributed by atoms with van der Waals surface area (Å²) in [4.78, 5) is 11.6. The predicted octanol–water partition coefficient (Wildman–Crippen LogP) is 2.08. The number of hydrogen-bond donors (Lipinski definition) is 2. The highest BCUT2D eigenvalue weighted by molar-refractivity contribution is 5.92. The summed E-state index contributed by atoms with van der Waals surface area (Å²) in [5.41, 5.74) is 2.27. The molecule has 0 radical (unpaired) electrons. The Balaban J connectivity index is 1.80. The molecule has 86 valence electrons. The van der Waals surface area contributed by atoms with Gasteiger partial charge in [-0.05, 0) is 38.8 Å². The van der Waals surface area contributed by atoms with Crippen molar-refractivity contribution in [2.24, 2.45) is 0 Å². The second kappa shape index (κ2) is 4.26. The van der Waals surface area contributed by atoms with E-state index in [4.69, 9.17) is 0 Å². The van der Waals surface area contributed by atoms with Crippen molar-refractivity contribution in [1.29, 1.82) is 0 Å². The maximum Gasteiger partial charge on any atom is 0.238 e. The molecule has 3 heteroatoms. The normalized spacial score (nSPS) is 16.9. The standard InChI is InChI=1S/C13H18N2O/c1-10-3-5-11(6-4-10)15-12(16)9-14-13(2)7-8-13/h3-6,14H,7-9H2,1-2H3,(H,15,16). The monoisotopic (exact) mass is 218 g/mol. The number of benzene rings is 1. The van der Waals surface area contributed by atoms with E-state index in [0.717, 1.165) is 5.69 Å². The largest absolute Gasteiger partial charge is 0.325 e. The first-order valence-corrected chi connectivity index (χ1v) is 5.69. The zero-order valence-electron chi connectivity index (χ0n) is 9.84. The molecule has 2 rings (SSSR count). The third kappa shape index (κ3) is 3.07. The maximum absolute atomic E-state index is 11.6. The Bertz CT molecular complexity index is 379. The number of carbonyl (C=O) groups is 1. The predicted molar refractivity (Wildman–Crippen MR) is 65.5 cm³/mol. The van der Waals surface area contributed by atoms with Gasteiger partial charge in [-0.25, -0.2) is 0 Å². The number of rotatable bonds is 4. The van der Waals surface area contributed by atoms with Gasteiger partial charge in [-0.1, -0.05) is 17.7 Å². The summed E-state index contributed by atoms with van der Waals surface area (Å²) in [5.74, 6) is 0.0250. The van der Waals surface area contributed by atoms with Crippen LogP contribution < -0.4 is 10.6 Å². The van der Waals surface area contributed by atoms with Gasteiger partial charge in [-0.15, -0.1) is 0 Å². The van der Waals surface area contributed by atoms with Crippen molar-refractivity contribution < 1.29 is 4.79 Å². The lowest BCUT2D eigenvalue weighted by molar-refractivity contribution is -0.115. The van der Waals surface area contributed by atoms with Gasteiger partial charge in [0.25, 0.3) is 0 Å². The molecular weight excluding hydrogens is 200 g/mol. The summed E-state index contributed by atoms with van der Waals surface area (Å²) in [6, 6.07) is 7.83. The zero-order chi connectivity index (χ0) is 11.6. The number of hydrogen-bond acceptors (Lipinski definition) is 2. The molecule has 0 saturated heterocycles. The van der Waals surface area contributed by atoms with Crippen LogP contribution in [0.2, 0.25) is 0 Å². The van der Waals surface area contributed by atoms with E-state index in [-0.39, 0.29) is 11.4 Å². The van der Waals surface area contributed by atoms with E-state index in [2.05, 4.69) is 17.6 Å². The Morgan fingerprint density at radius 3 is 2.50 bits per heavy atom. The van der Waals surface area contributed by atoms with Crippen LogP contribution in [0.1, 0.15) is 25.3 Å². The first-order valence-electron chi connectivity index (χ1n) is 5.69. The van der Waals surface area contributed by atoms with E-state index < -0.39 is 0 Å². The topological polar surface area (TPSA) is 41.1 Å². The number of nitrogens with one attached hydrogen (secondary N) is 2. The molecule has 0 unspecified atom stereocenters. The highest BCUT2D eigenvalue weighted by Crippen LogP contribution is 2.33. The number of carbonyl (C=O) groups excluding carboxylic acids is 1. The van der Waals surface area contributed by atoms with Crippen LogP contribution in [-0.2, 0) is 4.79 Å². The Labute approximate surface area is 96.2 Å². The summed E-state index contributed by atoms with van der Waals surface area (Å²) in [6.07, 6.45) is 2.34. The van der Waals surface area contributed by atoms with Gasteiger partial charge in [0, 0.05) is 11.2 Å². The van der Waals surface area contributed by atoms with Crippen LogP contribution in [0.25, 0.3) is 0 Å². The minimum atomic E-state index is 0.0250. The van der Waals surface area contributed by atoms with E-state index in [0.29, 0.717) is 6.54 Å². The highest BCUT2D eigenvalue weighted by Gasteiger charge is 2.36. The Morgan fingerprint density at radius 1 is 1.31 bits per heavy atom. The number of amides is 1. The average Bonchev–Trinajstić information content (AvgIpc) is 2.98. The third-order valence-corrected chi connectivity index (χ3v) is 3.01. The van der Waals surface area contributed by atoms with Crippen LogP contribution in [0.5, 0.6) is 0 Å². The van der Waals surface area contributed by atoms with Gasteiger partial charge < -0.3 is 10.6 Å². The van der Waals surface area contributed by atoms with Gasteiger partial charge in [-0.2, -0.15) is 0 Å². The molecule has 0 aromatic heterocycles. The molecule has 1 aliphatic carbocycles. The van der Waals surface area contributed by atoms with Crippen molar-refractivity contribution in [3.8, 4) is 0 Å². The zero-order valence-corrected chi connectivity index (χ0v) is 9.84. The van der Waals surface area contributed by atoms with Crippen LogP contribution in [0.4, 0.5) is 5.69 Å². The van der Waals surface area contributed by atoms with Crippen molar-refractivity contribution in [2.45, 2.75) is 32.2 Å². The van der Waals surface area contributed by atoms with Gasteiger partial charge in [0.1, 0.15) is 0 Å². The van der Waals surface area contributed by atoms with Crippen LogP contribution >= 0.6 is 0 Å². The lowest BCUT2D eigenvalue weighted by Crippen LogP contribution is -2.35. The van der Waals surface area contributed by atoms with Crippen LogP contribution in [-0.4, -0.2) is 18.0 Å². The van der Waals surface area contributed by atoms with Crippen molar-refractivity contribution in [3.05, 3.63) is 29.8 Å².